The van der Waals surface area contributed by atoms with Crippen LogP contribution in [0.15, 0.2) is 24.3 Å². The largest absolute Gasteiger partial charge is 0.416 e. The molecule has 1 aromatic heterocycles. The van der Waals surface area contributed by atoms with Crippen molar-refractivity contribution in [3.63, 3.8) is 0 Å². The summed E-state index contributed by atoms with van der Waals surface area (Å²) in [5.74, 6) is -1.06. The number of pyridine rings is 1. The molecule has 0 atom stereocenters. The van der Waals surface area contributed by atoms with Crippen LogP contribution in [0.5, 0.6) is 0 Å². The van der Waals surface area contributed by atoms with Crippen molar-refractivity contribution in [3.8, 4) is 11.3 Å². The molecular formula is C19H24F4N4O. The second kappa shape index (κ2) is 7.83. The van der Waals surface area contributed by atoms with Gasteiger partial charge in [0.25, 0.3) is 0 Å². The van der Waals surface area contributed by atoms with Crippen LogP contribution in [0.25, 0.3) is 11.3 Å². The Morgan fingerprint density at radius 2 is 1.75 bits per heavy atom. The Morgan fingerprint density at radius 1 is 1.11 bits per heavy atom. The second-order valence-electron chi connectivity index (χ2n) is 7.51. The Labute approximate surface area is 161 Å². The number of methoxy groups -OCH3 is 1. The zero-order chi connectivity index (χ0) is 21.3. The van der Waals surface area contributed by atoms with Crippen molar-refractivity contribution < 1.29 is 22.3 Å². The van der Waals surface area contributed by atoms with Gasteiger partial charge in [-0.05, 0) is 24.3 Å². The number of nitrogens with zero attached hydrogens (tertiary/aromatic N) is 2. The van der Waals surface area contributed by atoms with Crippen molar-refractivity contribution in [2.45, 2.75) is 20.0 Å². The SMILES string of the molecule is COCC(C)(C)CN(C)c1cc(-c2cc(F)cc(C(F)(F)F)c2)nc(N)c1N. The number of nitrogens with two attached hydrogens (primary N) is 2. The Kier molecular flexibility index (Phi) is 6.08. The van der Waals surface area contributed by atoms with Crippen molar-refractivity contribution in [1.29, 1.82) is 0 Å². The Bertz CT molecular complexity index is 853. The maximum absolute atomic E-state index is 13.8. The van der Waals surface area contributed by atoms with E-state index in [0.717, 1.165) is 12.1 Å². The minimum Gasteiger partial charge on any atom is -0.394 e. The number of hydrogen-bond donors (Lipinski definition) is 2. The highest BCUT2D eigenvalue weighted by molar-refractivity contribution is 5.82. The number of halogens is 4. The zero-order valence-corrected chi connectivity index (χ0v) is 16.2. The van der Waals surface area contributed by atoms with Gasteiger partial charge in [0.05, 0.1) is 29.2 Å². The summed E-state index contributed by atoms with van der Waals surface area (Å²) in [5.41, 5.74) is 11.3. The molecule has 0 saturated carbocycles. The standard InChI is InChI=1S/C19H24F4N4O/c1-18(2,10-28-4)9-27(3)15-8-14(26-17(25)16(15)24)11-5-12(19(21,22)23)7-13(20)6-11/h5-8H,9-10,24H2,1-4H3,(H2,25,26). The van der Waals surface area contributed by atoms with E-state index >= 15 is 0 Å². The average molecular weight is 400 g/mol. The summed E-state index contributed by atoms with van der Waals surface area (Å²) in [7, 11) is 3.37. The summed E-state index contributed by atoms with van der Waals surface area (Å²) in [6.07, 6.45) is -4.68. The molecule has 0 bridgehead atoms. The van der Waals surface area contributed by atoms with Crippen molar-refractivity contribution >= 4 is 17.2 Å². The van der Waals surface area contributed by atoms with Crippen LogP contribution in [-0.2, 0) is 10.9 Å². The Hall–Kier alpha value is -2.55. The molecule has 0 unspecified atom stereocenters. The van der Waals surface area contributed by atoms with Crippen LogP contribution in [0.4, 0.5) is 34.8 Å². The average Bonchev–Trinajstić information content (AvgIpc) is 2.55. The van der Waals surface area contributed by atoms with Crippen LogP contribution in [-0.4, -0.2) is 32.3 Å². The summed E-state index contributed by atoms with van der Waals surface area (Å²) >= 11 is 0. The summed E-state index contributed by atoms with van der Waals surface area (Å²) in [4.78, 5) is 5.87. The molecule has 0 aliphatic heterocycles. The molecule has 2 aromatic rings. The van der Waals surface area contributed by atoms with E-state index in [1.807, 2.05) is 18.7 Å². The third-order valence-electron chi connectivity index (χ3n) is 4.20. The van der Waals surface area contributed by atoms with Crippen LogP contribution < -0.4 is 16.4 Å². The molecule has 0 radical (unpaired) electrons. The quantitative estimate of drug-likeness (QED) is 0.712. The van der Waals surface area contributed by atoms with Crippen LogP contribution in [0.2, 0.25) is 0 Å². The first-order valence-corrected chi connectivity index (χ1v) is 8.48. The maximum Gasteiger partial charge on any atom is 0.416 e. The summed E-state index contributed by atoms with van der Waals surface area (Å²) in [5, 5.41) is 0. The highest BCUT2D eigenvalue weighted by atomic mass is 19.4. The van der Waals surface area contributed by atoms with Crippen molar-refractivity contribution in [3.05, 3.63) is 35.6 Å². The van der Waals surface area contributed by atoms with Gasteiger partial charge in [-0.25, -0.2) is 9.37 Å². The molecule has 1 heterocycles. The molecule has 5 nitrogen and oxygen atoms in total. The van der Waals surface area contributed by atoms with Crippen LogP contribution >= 0.6 is 0 Å². The van der Waals surface area contributed by atoms with Crippen molar-refractivity contribution in [2.75, 3.05) is 43.7 Å². The Balaban J connectivity index is 2.51. The lowest BCUT2D eigenvalue weighted by Crippen LogP contribution is -2.35. The predicted molar refractivity (Wildman–Crippen MR) is 102 cm³/mol. The lowest BCUT2D eigenvalue weighted by Gasteiger charge is -2.32. The smallest absolute Gasteiger partial charge is 0.394 e. The minimum atomic E-state index is -4.68. The number of benzene rings is 1. The minimum absolute atomic E-state index is 0.0372. The van der Waals surface area contributed by atoms with Gasteiger partial charge >= 0.3 is 6.18 Å². The molecule has 4 N–H and O–H groups in total. The van der Waals surface area contributed by atoms with Gasteiger partial charge < -0.3 is 21.1 Å². The number of hydrogen-bond acceptors (Lipinski definition) is 5. The molecule has 0 fully saturated rings. The number of nitrogen functional groups attached to an aromatic ring is 2. The van der Waals surface area contributed by atoms with E-state index in [2.05, 4.69) is 4.98 Å². The van der Waals surface area contributed by atoms with Crippen LogP contribution in [0.3, 0.4) is 0 Å². The number of aromatic nitrogens is 1. The van der Waals surface area contributed by atoms with Gasteiger partial charge in [0.2, 0.25) is 0 Å². The molecule has 0 aliphatic rings. The monoisotopic (exact) mass is 400 g/mol. The molecule has 9 heteroatoms. The fraction of sp³-hybridized carbons (Fsp3) is 0.421. The van der Waals surface area contributed by atoms with E-state index in [9.17, 15) is 17.6 Å². The third-order valence-corrected chi connectivity index (χ3v) is 4.20. The number of alkyl halides is 3. The summed E-state index contributed by atoms with van der Waals surface area (Å²) < 4.78 is 58.1. The maximum atomic E-state index is 13.8. The fourth-order valence-corrected chi connectivity index (χ4v) is 3.09. The summed E-state index contributed by atoms with van der Waals surface area (Å²) in [6, 6.07) is 3.75. The van der Waals surface area contributed by atoms with E-state index in [0.29, 0.717) is 24.9 Å². The zero-order valence-electron chi connectivity index (χ0n) is 16.2. The molecule has 28 heavy (non-hydrogen) atoms. The molecule has 2 rings (SSSR count). The predicted octanol–water partition coefficient (Wildman–Crippen LogP) is 4.18. The van der Waals surface area contributed by atoms with Gasteiger partial charge in [-0.2, -0.15) is 13.2 Å². The summed E-state index contributed by atoms with van der Waals surface area (Å²) in [6.45, 7) is 5.02. The molecule has 0 spiro atoms. The third kappa shape index (κ3) is 5.03. The Morgan fingerprint density at radius 3 is 2.32 bits per heavy atom. The van der Waals surface area contributed by atoms with Gasteiger partial charge in [0.1, 0.15) is 11.6 Å². The lowest BCUT2D eigenvalue weighted by molar-refractivity contribution is -0.137. The molecule has 0 aliphatic carbocycles. The normalized spacial score (nSPS) is 12.3. The number of rotatable bonds is 6. The van der Waals surface area contributed by atoms with E-state index in [-0.39, 0.29) is 28.2 Å². The fourth-order valence-electron chi connectivity index (χ4n) is 3.09. The molecule has 0 saturated heterocycles. The van der Waals surface area contributed by atoms with Crippen LogP contribution in [0.1, 0.15) is 19.4 Å². The molecule has 1 aromatic carbocycles. The molecule has 154 valence electrons. The van der Waals surface area contributed by atoms with Crippen LogP contribution in [0, 0.1) is 11.2 Å². The van der Waals surface area contributed by atoms with Gasteiger partial charge in [0.15, 0.2) is 0 Å². The highest BCUT2D eigenvalue weighted by Crippen LogP contribution is 2.36. The second-order valence-corrected chi connectivity index (χ2v) is 7.51. The first-order valence-electron chi connectivity index (χ1n) is 8.48. The number of ether oxygens (including phenoxy) is 1. The first-order chi connectivity index (χ1) is 12.8. The molecule has 0 amide bonds. The van der Waals surface area contributed by atoms with Gasteiger partial charge in [-0.3, -0.25) is 0 Å². The van der Waals surface area contributed by atoms with E-state index in [1.165, 1.54) is 6.07 Å². The van der Waals surface area contributed by atoms with E-state index in [1.54, 1.807) is 14.2 Å². The first kappa shape index (κ1) is 21.7. The topological polar surface area (TPSA) is 77.4 Å². The highest BCUT2D eigenvalue weighted by Gasteiger charge is 2.32. The molecular weight excluding hydrogens is 376 g/mol. The van der Waals surface area contributed by atoms with Gasteiger partial charge in [-0.1, -0.05) is 13.8 Å². The lowest BCUT2D eigenvalue weighted by atomic mass is 9.94. The van der Waals surface area contributed by atoms with Gasteiger partial charge in [-0.15, -0.1) is 0 Å². The number of anilines is 3. The van der Waals surface area contributed by atoms with Crippen molar-refractivity contribution in [1.82, 2.24) is 4.98 Å². The van der Waals surface area contributed by atoms with E-state index in [4.69, 9.17) is 16.2 Å². The van der Waals surface area contributed by atoms with Crippen molar-refractivity contribution in [2.24, 2.45) is 5.41 Å². The van der Waals surface area contributed by atoms with E-state index < -0.39 is 17.6 Å². The van der Waals surface area contributed by atoms with Gasteiger partial charge in [0, 0.05) is 31.7 Å².